The molecule has 0 amide bonds. The van der Waals surface area contributed by atoms with Crippen molar-refractivity contribution in [2.24, 2.45) is 5.73 Å². The molecule has 2 N–H and O–H groups in total. The first-order valence-corrected chi connectivity index (χ1v) is 6.65. The fraction of sp³-hybridized carbons (Fsp3) is 0.294. The first-order chi connectivity index (χ1) is 9.16. The maximum absolute atomic E-state index is 6.13. The molecule has 2 rings (SSSR count). The van der Waals surface area contributed by atoms with E-state index in [1.807, 2.05) is 24.3 Å². The summed E-state index contributed by atoms with van der Waals surface area (Å²) in [5.74, 6) is 0.964. The predicted octanol–water partition coefficient (Wildman–Crippen LogP) is 3.25. The molecule has 2 aromatic carbocycles. The van der Waals surface area contributed by atoms with Crippen LogP contribution in [0.1, 0.15) is 16.7 Å². The highest BCUT2D eigenvalue weighted by molar-refractivity contribution is 5.39. The van der Waals surface area contributed by atoms with Crippen molar-refractivity contribution in [3.8, 4) is 5.75 Å². The van der Waals surface area contributed by atoms with E-state index in [-0.39, 0.29) is 6.04 Å². The monoisotopic (exact) mass is 255 g/mol. The number of hydrogen-bond donors (Lipinski definition) is 1. The molecule has 2 aromatic rings. The van der Waals surface area contributed by atoms with Crippen LogP contribution in [0.2, 0.25) is 0 Å². The Morgan fingerprint density at radius 3 is 2.21 bits per heavy atom. The molecule has 0 aromatic heterocycles. The van der Waals surface area contributed by atoms with E-state index < -0.39 is 0 Å². The van der Waals surface area contributed by atoms with Crippen LogP contribution in [0.3, 0.4) is 0 Å². The first kappa shape index (κ1) is 13.6. The van der Waals surface area contributed by atoms with Gasteiger partial charge in [0.2, 0.25) is 0 Å². The highest BCUT2D eigenvalue weighted by atomic mass is 16.5. The van der Waals surface area contributed by atoms with E-state index in [1.54, 1.807) is 0 Å². The topological polar surface area (TPSA) is 35.2 Å². The predicted molar refractivity (Wildman–Crippen MR) is 79.5 cm³/mol. The van der Waals surface area contributed by atoms with Gasteiger partial charge in [-0.2, -0.15) is 0 Å². The van der Waals surface area contributed by atoms with Gasteiger partial charge in [0.25, 0.3) is 0 Å². The standard InChI is InChI=1S/C17H21NO/c1-13-7-6-8-14(2)17(13)19-12-16(18)11-15-9-4-3-5-10-15/h3-10,16H,11-12,18H2,1-2H3/t16-/m0/s1. The Morgan fingerprint density at radius 2 is 1.58 bits per heavy atom. The fourth-order valence-electron chi connectivity index (χ4n) is 2.19. The van der Waals surface area contributed by atoms with Crippen LogP contribution in [-0.2, 0) is 6.42 Å². The average molecular weight is 255 g/mol. The van der Waals surface area contributed by atoms with Gasteiger partial charge in [0.15, 0.2) is 0 Å². The second kappa shape index (κ2) is 6.39. The van der Waals surface area contributed by atoms with Crippen molar-refractivity contribution in [2.45, 2.75) is 26.3 Å². The molecule has 0 saturated heterocycles. The Kier molecular flexibility index (Phi) is 4.58. The Hall–Kier alpha value is -1.80. The number of hydrogen-bond acceptors (Lipinski definition) is 2. The summed E-state index contributed by atoms with van der Waals surface area (Å²) in [6, 6.07) is 16.5. The fourth-order valence-corrected chi connectivity index (χ4v) is 2.19. The van der Waals surface area contributed by atoms with Crippen molar-refractivity contribution < 1.29 is 4.74 Å². The molecule has 1 atom stereocenters. The van der Waals surface area contributed by atoms with Crippen LogP contribution < -0.4 is 10.5 Å². The second-order valence-electron chi connectivity index (χ2n) is 4.98. The second-order valence-corrected chi connectivity index (χ2v) is 4.98. The number of aryl methyl sites for hydroxylation is 2. The maximum Gasteiger partial charge on any atom is 0.125 e. The molecule has 0 saturated carbocycles. The maximum atomic E-state index is 6.13. The first-order valence-electron chi connectivity index (χ1n) is 6.65. The molecular formula is C17H21NO. The molecule has 0 spiro atoms. The van der Waals surface area contributed by atoms with Gasteiger partial charge < -0.3 is 10.5 Å². The van der Waals surface area contributed by atoms with E-state index in [4.69, 9.17) is 10.5 Å². The summed E-state index contributed by atoms with van der Waals surface area (Å²) >= 11 is 0. The molecule has 0 fully saturated rings. The van der Waals surface area contributed by atoms with Gasteiger partial charge in [-0.05, 0) is 37.0 Å². The minimum atomic E-state index is 0.0152. The summed E-state index contributed by atoms with van der Waals surface area (Å²) in [7, 11) is 0. The smallest absolute Gasteiger partial charge is 0.125 e. The van der Waals surface area contributed by atoms with E-state index in [9.17, 15) is 0 Å². The van der Waals surface area contributed by atoms with Crippen molar-refractivity contribution >= 4 is 0 Å². The summed E-state index contributed by atoms with van der Waals surface area (Å²) in [5, 5.41) is 0. The van der Waals surface area contributed by atoms with Gasteiger partial charge in [0.1, 0.15) is 12.4 Å². The molecule has 0 aliphatic carbocycles. The SMILES string of the molecule is Cc1cccc(C)c1OC[C@@H](N)Cc1ccccc1. The zero-order valence-corrected chi connectivity index (χ0v) is 11.6. The van der Waals surface area contributed by atoms with Crippen LogP contribution in [0.25, 0.3) is 0 Å². The van der Waals surface area contributed by atoms with E-state index >= 15 is 0 Å². The van der Waals surface area contributed by atoms with Gasteiger partial charge in [-0.1, -0.05) is 48.5 Å². The molecule has 0 aliphatic rings. The molecule has 0 unspecified atom stereocenters. The lowest BCUT2D eigenvalue weighted by molar-refractivity contribution is 0.284. The van der Waals surface area contributed by atoms with Crippen LogP contribution in [0.5, 0.6) is 5.75 Å². The summed E-state index contributed by atoms with van der Waals surface area (Å²) in [4.78, 5) is 0. The molecule has 0 bridgehead atoms. The number of ether oxygens (including phenoxy) is 1. The minimum absolute atomic E-state index is 0.0152. The summed E-state index contributed by atoms with van der Waals surface area (Å²) < 4.78 is 5.88. The summed E-state index contributed by atoms with van der Waals surface area (Å²) in [6.45, 7) is 4.66. The van der Waals surface area contributed by atoms with Gasteiger partial charge in [0, 0.05) is 6.04 Å². The number of para-hydroxylation sites is 1. The lowest BCUT2D eigenvalue weighted by atomic mass is 10.1. The van der Waals surface area contributed by atoms with E-state index in [2.05, 4.69) is 38.1 Å². The molecule has 100 valence electrons. The van der Waals surface area contributed by atoms with Gasteiger partial charge in [0.05, 0.1) is 0 Å². The largest absolute Gasteiger partial charge is 0.491 e. The normalized spacial score (nSPS) is 12.2. The van der Waals surface area contributed by atoms with E-state index in [1.165, 1.54) is 5.56 Å². The lowest BCUT2D eigenvalue weighted by Crippen LogP contribution is -2.30. The van der Waals surface area contributed by atoms with Crippen molar-refractivity contribution in [2.75, 3.05) is 6.61 Å². The van der Waals surface area contributed by atoms with Crippen LogP contribution in [0.15, 0.2) is 48.5 Å². The zero-order chi connectivity index (χ0) is 13.7. The van der Waals surface area contributed by atoms with Crippen molar-refractivity contribution in [1.29, 1.82) is 0 Å². The molecule has 2 nitrogen and oxygen atoms in total. The third-order valence-electron chi connectivity index (χ3n) is 3.19. The Morgan fingerprint density at radius 1 is 0.947 bits per heavy atom. The quantitative estimate of drug-likeness (QED) is 0.890. The van der Waals surface area contributed by atoms with Crippen molar-refractivity contribution in [3.63, 3.8) is 0 Å². The minimum Gasteiger partial charge on any atom is -0.491 e. The van der Waals surface area contributed by atoms with Gasteiger partial charge in [-0.3, -0.25) is 0 Å². The number of rotatable bonds is 5. The van der Waals surface area contributed by atoms with Crippen molar-refractivity contribution in [3.05, 3.63) is 65.2 Å². The highest BCUT2D eigenvalue weighted by Crippen LogP contribution is 2.22. The lowest BCUT2D eigenvalue weighted by Gasteiger charge is -2.16. The summed E-state index contributed by atoms with van der Waals surface area (Å²) in [5.41, 5.74) is 9.70. The zero-order valence-electron chi connectivity index (χ0n) is 11.6. The van der Waals surface area contributed by atoms with Crippen LogP contribution in [0, 0.1) is 13.8 Å². The Labute approximate surface area is 115 Å². The number of benzene rings is 2. The van der Waals surface area contributed by atoms with Gasteiger partial charge >= 0.3 is 0 Å². The van der Waals surface area contributed by atoms with Crippen LogP contribution in [0.4, 0.5) is 0 Å². The molecule has 0 aliphatic heterocycles. The Balaban J connectivity index is 1.92. The third-order valence-corrected chi connectivity index (χ3v) is 3.19. The molecule has 0 radical (unpaired) electrons. The van der Waals surface area contributed by atoms with Crippen molar-refractivity contribution in [1.82, 2.24) is 0 Å². The third kappa shape index (κ3) is 3.83. The van der Waals surface area contributed by atoms with Gasteiger partial charge in [-0.15, -0.1) is 0 Å². The molecule has 19 heavy (non-hydrogen) atoms. The molecular weight excluding hydrogens is 234 g/mol. The summed E-state index contributed by atoms with van der Waals surface area (Å²) in [6.07, 6.45) is 0.839. The van der Waals surface area contributed by atoms with Crippen LogP contribution in [-0.4, -0.2) is 12.6 Å². The Bertz CT molecular complexity index is 502. The van der Waals surface area contributed by atoms with E-state index in [0.29, 0.717) is 6.61 Å². The molecule has 2 heteroatoms. The molecule has 0 heterocycles. The average Bonchev–Trinajstić information content (AvgIpc) is 2.39. The van der Waals surface area contributed by atoms with Gasteiger partial charge in [-0.25, -0.2) is 0 Å². The van der Waals surface area contributed by atoms with Crippen LogP contribution >= 0.6 is 0 Å². The highest BCUT2D eigenvalue weighted by Gasteiger charge is 2.08. The van der Waals surface area contributed by atoms with E-state index in [0.717, 1.165) is 23.3 Å². The number of nitrogens with two attached hydrogens (primary N) is 1.